The second-order valence-electron chi connectivity index (χ2n) is 5.38. The summed E-state index contributed by atoms with van der Waals surface area (Å²) in [4.78, 5) is 0. The van der Waals surface area contributed by atoms with Gasteiger partial charge in [0.1, 0.15) is 0 Å². The summed E-state index contributed by atoms with van der Waals surface area (Å²) in [6.07, 6.45) is 3.44. The Balaban J connectivity index is 2.48. The molecule has 0 unspecified atom stereocenters. The number of aromatic nitrogens is 2. The number of nitrogens with zero attached hydrogens (tertiary/aromatic N) is 2. The second-order valence-corrected chi connectivity index (χ2v) is 5.38. The fraction of sp³-hybridized carbons (Fsp3) is 0.769. The summed E-state index contributed by atoms with van der Waals surface area (Å²) in [5, 5.41) is 14.3. The highest BCUT2D eigenvalue weighted by atomic mass is 16.3. The van der Waals surface area contributed by atoms with Crippen LogP contribution in [0.5, 0.6) is 0 Å². The van der Waals surface area contributed by atoms with Gasteiger partial charge in [-0.15, -0.1) is 0 Å². The number of aryl methyl sites for hydroxylation is 1. The van der Waals surface area contributed by atoms with E-state index in [1.165, 1.54) is 17.7 Å². The van der Waals surface area contributed by atoms with E-state index in [1.807, 2.05) is 0 Å². The molecule has 1 fully saturated rings. The Morgan fingerprint density at radius 2 is 2.00 bits per heavy atom. The van der Waals surface area contributed by atoms with Crippen molar-refractivity contribution in [3.8, 4) is 0 Å². The van der Waals surface area contributed by atoms with Crippen LogP contribution in [0, 0.1) is 13.8 Å². The summed E-state index contributed by atoms with van der Waals surface area (Å²) in [6.45, 7) is 8.76. The third kappa shape index (κ3) is 1.49. The molecule has 0 atom stereocenters. The molecule has 90 valence electrons. The topological polar surface area (TPSA) is 38.0 Å². The molecule has 3 nitrogen and oxygen atoms in total. The van der Waals surface area contributed by atoms with Crippen molar-refractivity contribution >= 4 is 0 Å². The summed E-state index contributed by atoms with van der Waals surface area (Å²) < 4.78 is 2.08. The van der Waals surface area contributed by atoms with E-state index in [1.54, 1.807) is 0 Å². The number of rotatable bonds is 3. The van der Waals surface area contributed by atoms with Crippen LogP contribution < -0.4 is 0 Å². The molecule has 1 aromatic rings. The maximum Gasteiger partial charge on any atom is 0.0635 e. The lowest BCUT2D eigenvalue weighted by atomic mass is 9.64. The number of hydrogen-bond donors (Lipinski definition) is 1. The standard InChI is InChI=1S/C13H22N2O/c1-9(2)15-11(4)12(10(3)14-15)13(8-16)6-5-7-13/h9,16H,5-8H2,1-4H3. The first-order valence-corrected chi connectivity index (χ1v) is 6.19. The Kier molecular flexibility index (Phi) is 2.82. The quantitative estimate of drug-likeness (QED) is 0.853. The van der Waals surface area contributed by atoms with E-state index in [9.17, 15) is 5.11 Å². The predicted octanol–water partition coefficient (Wildman–Crippen LogP) is 2.49. The Morgan fingerprint density at radius 1 is 1.38 bits per heavy atom. The highest BCUT2D eigenvalue weighted by Crippen LogP contribution is 2.45. The van der Waals surface area contributed by atoms with Crippen LogP contribution in [0.3, 0.4) is 0 Å². The lowest BCUT2D eigenvalue weighted by Crippen LogP contribution is -2.39. The van der Waals surface area contributed by atoms with Gasteiger partial charge in [-0.25, -0.2) is 0 Å². The van der Waals surface area contributed by atoms with Crippen LogP contribution in [-0.4, -0.2) is 21.5 Å². The van der Waals surface area contributed by atoms with Crippen LogP contribution in [-0.2, 0) is 5.41 Å². The summed E-state index contributed by atoms with van der Waals surface area (Å²) >= 11 is 0. The van der Waals surface area contributed by atoms with Crippen LogP contribution in [0.25, 0.3) is 0 Å². The van der Waals surface area contributed by atoms with E-state index >= 15 is 0 Å². The van der Waals surface area contributed by atoms with Gasteiger partial charge >= 0.3 is 0 Å². The van der Waals surface area contributed by atoms with Gasteiger partial charge in [-0.05, 0) is 40.5 Å². The Labute approximate surface area is 97.5 Å². The minimum atomic E-state index is 0.0152. The predicted molar refractivity (Wildman–Crippen MR) is 64.7 cm³/mol. The van der Waals surface area contributed by atoms with Crippen LogP contribution in [0.2, 0.25) is 0 Å². The number of aliphatic hydroxyl groups is 1. The fourth-order valence-electron chi connectivity index (χ4n) is 3.02. The van der Waals surface area contributed by atoms with E-state index in [0.717, 1.165) is 18.5 Å². The molecule has 1 aliphatic rings. The third-order valence-electron chi connectivity index (χ3n) is 3.96. The van der Waals surface area contributed by atoms with Gasteiger partial charge in [0, 0.05) is 22.7 Å². The second kappa shape index (κ2) is 3.88. The first-order chi connectivity index (χ1) is 7.52. The fourth-order valence-corrected chi connectivity index (χ4v) is 3.02. The molecule has 0 aliphatic heterocycles. The van der Waals surface area contributed by atoms with Crippen molar-refractivity contribution in [1.82, 2.24) is 9.78 Å². The maximum atomic E-state index is 9.65. The third-order valence-corrected chi connectivity index (χ3v) is 3.96. The summed E-state index contributed by atoms with van der Waals surface area (Å²) in [5.74, 6) is 0. The molecule has 3 heteroatoms. The van der Waals surface area contributed by atoms with E-state index in [2.05, 4.69) is 37.5 Å². The normalized spacial score (nSPS) is 18.9. The molecule has 0 amide bonds. The van der Waals surface area contributed by atoms with Gasteiger partial charge in [-0.3, -0.25) is 4.68 Å². The molecule has 0 aromatic carbocycles. The van der Waals surface area contributed by atoms with Gasteiger partial charge in [0.05, 0.1) is 12.3 Å². The van der Waals surface area contributed by atoms with Crippen molar-refractivity contribution in [1.29, 1.82) is 0 Å². The van der Waals surface area contributed by atoms with Crippen molar-refractivity contribution in [2.45, 2.75) is 58.4 Å². The molecule has 1 N–H and O–H groups in total. The van der Waals surface area contributed by atoms with Crippen molar-refractivity contribution < 1.29 is 5.11 Å². The van der Waals surface area contributed by atoms with Gasteiger partial charge in [-0.1, -0.05) is 6.42 Å². The van der Waals surface area contributed by atoms with E-state index in [0.29, 0.717) is 6.04 Å². The molecule has 1 heterocycles. The largest absolute Gasteiger partial charge is 0.395 e. The molecule has 1 aliphatic carbocycles. The Bertz CT molecular complexity index is 383. The highest BCUT2D eigenvalue weighted by Gasteiger charge is 2.42. The van der Waals surface area contributed by atoms with Gasteiger partial charge in [0.25, 0.3) is 0 Å². The van der Waals surface area contributed by atoms with Crippen LogP contribution >= 0.6 is 0 Å². The lowest BCUT2D eigenvalue weighted by molar-refractivity contribution is 0.119. The molecule has 0 spiro atoms. The molecule has 0 saturated heterocycles. The average molecular weight is 222 g/mol. The van der Waals surface area contributed by atoms with Crippen molar-refractivity contribution in [3.63, 3.8) is 0 Å². The Hall–Kier alpha value is -0.830. The highest BCUT2D eigenvalue weighted by molar-refractivity contribution is 5.36. The monoisotopic (exact) mass is 222 g/mol. The molecule has 0 radical (unpaired) electrons. The summed E-state index contributed by atoms with van der Waals surface area (Å²) in [5.41, 5.74) is 3.65. The molecular formula is C13H22N2O. The molecular weight excluding hydrogens is 200 g/mol. The van der Waals surface area contributed by atoms with Gasteiger partial charge in [-0.2, -0.15) is 5.10 Å². The summed E-state index contributed by atoms with van der Waals surface area (Å²) in [7, 11) is 0. The van der Waals surface area contributed by atoms with Crippen LogP contribution in [0.15, 0.2) is 0 Å². The zero-order valence-electron chi connectivity index (χ0n) is 10.7. The minimum Gasteiger partial charge on any atom is -0.395 e. The van der Waals surface area contributed by atoms with Crippen molar-refractivity contribution in [3.05, 3.63) is 17.0 Å². The lowest BCUT2D eigenvalue weighted by Gasteiger charge is -2.41. The van der Waals surface area contributed by atoms with Crippen molar-refractivity contribution in [2.24, 2.45) is 0 Å². The number of hydrogen-bond acceptors (Lipinski definition) is 2. The zero-order valence-corrected chi connectivity index (χ0v) is 10.7. The number of aliphatic hydroxyl groups excluding tert-OH is 1. The molecule has 16 heavy (non-hydrogen) atoms. The maximum absolute atomic E-state index is 9.65. The van der Waals surface area contributed by atoms with Crippen LogP contribution in [0.4, 0.5) is 0 Å². The van der Waals surface area contributed by atoms with Gasteiger partial charge < -0.3 is 5.11 Å². The molecule has 1 saturated carbocycles. The smallest absolute Gasteiger partial charge is 0.0635 e. The molecule has 2 rings (SSSR count). The summed E-state index contributed by atoms with van der Waals surface area (Å²) in [6, 6.07) is 0.392. The molecule has 1 aromatic heterocycles. The van der Waals surface area contributed by atoms with Crippen molar-refractivity contribution in [2.75, 3.05) is 6.61 Å². The Morgan fingerprint density at radius 3 is 2.31 bits per heavy atom. The van der Waals surface area contributed by atoms with Crippen LogP contribution in [0.1, 0.15) is 56.1 Å². The average Bonchev–Trinajstić information content (AvgIpc) is 2.45. The van der Waals surface area contributed by atoms with Gasteiger partial charge in [0.2, 0.25) is 0 Å². The molecule has 0 bridgehead atoms. The zero-order chi connectivity index (χ0) is 11.9. The van der Waals surface area contributed by atoms with E-state index < -0.39 is 0 Å². The minimum absolute atomic E-state index is 0.0152. The first-order valence-electron chi connectivity index (χ1n) is 6.19. The van der Waals surface area contributed by atoms with E-state index in [-0.39, 0.29) is 12.0 Å². The van der Waals surface area contributed by atoms with Gasteiger partial charge in [0.15, 0.2) is 0 Å². The SMILES string of the molecule is Cc1nn(C(C)C)c(C)c1C1(CO)CCC1. The first kappa shape index (κ1) is 11.6. The van der Waals surface area contributed by atoms with E-state index in [4.69, 9.17) is 0 Å².